The van der Waals surface area contributed by atoms with Crippen molar-refractivity contribution in [3.8, 4) is 5.75 Å². The van der Waals surface area contributed by atoms with Crippen molar-refractivity contribution >= 4 is 17.9 Å². The lowest BCUT2D eigenvalue weighted by molar-refractivity contribution is 0.0204. The molecule has 6 heteroatoms. The topological polar surface area (TPSA) is 59.0 Å². The largest absolute Gasteiger partial charge is 0.489 e. The van der Waals surface area contributed by atoms with Crippen molar-refractivity contribution in [1.82, 2.24) is 4.90 Å². The number of ether oxygens (including phenoxy) is 2. The number of benzene rings is 2. The van der Waals surface area contributed by atoms with Crippen LogP contribution in [0.3, 0.4) is 0 Å². The molecule has 4 rings (SSSR count). The number of hydrogen-bond acceptors (Lipinski definition) is 5. The molecular weight excluding hydrogens is 458 g/mol. The lowest BCUT2D eigenvalue weighted by Crippen LogP contribution is -2.41. The van der Waals surface area contributed by atoms with E-state index in [2.05, 4.69) is 31.2 Å². The van der Waals surface area contributed by atoms with E-state index in [0.717, 1.165) is 72.7 Å². The number of likely N-dealkylation sites (tertiary alicyclic amines) is 1. The third-order valence-corrected chi connectivity index (χ3v) is 8.01. The molecule has 0 aliphatic carbocycles. The molecule has 35 heavy (non-hydrogen) atoms. The molecule has 2 heterocycles. The van der Waals surface area contributed by atoms with E-state index < -0.39 is 11.2 Å². The Morgan fingerprint density at radius 2 is 1.74 bits per heavy atom. The van der Waals surface area contributed by atoms with E-state index in [1.54, 1.807) is 0 Å². The number of rotatable bonds is 5. The molecular formula is C29H39NO4S. The number of aliphatic hydroxyl groups is 1. The SMILES string of the molecule is Cc1cc(OCc2ccc(C3CCN(C(=O)OC(C)(C)C)CC3)cc2)ccc1C1(O)CCSCC1. The third-order valence-electron chi connectivity index (χ3n) is 7.02. The summed E-state index contributed by atoms with van der Waals surface area (Å²) in [5.41, 5.74) is 3.41. The molecule has 190 valence electrons. The molecule has 2 aliphatic heterocycles. The summed E-state index contributed by atoms with van der Waals surface area (Å²) in [5.74, 6) is 3.31. The van der Waals surface area contributed by atoms with Crippen molar-refractivity contribution < 1.29 is 19.4 Å². The Morgan fingerprint density at radius 3 is 2.34 bits per heavy atom. The van der Waals surface area contributed by atoms with Gasteiger partial charge < -0.3 is 19.5 Å². The molecule has 1 amide bonds. The average Bonchev–Trinajstić information content (AvgIpc) is 2.82. The predicted octanol–water partition coefficient (Wildman–Crippen LogP) is 6.40. The normalized spacial score (nSPS) is 18.8. The highest BCUT2D eigenvalue weighted by Crippen LogP contribution is 2.38. The Labute approximate surface area is 214 Å². The van der Waals surface area contributed by atoms with Gasteiger partial charge in [0.2, 0.25) is 0 Å². The number of hydrogen-bond donors (Lipinski definition) is 1. The number of piperidine rings is 1. The van der Waals surface area contributed by atoms with Crippen LogP contribution in [0.1, 0.15) is 74.6 Å². The molecule has 0 bridgehead atoms. The van der Waals surface area contributed by atoms with Gasteiger partial charge in [0.25, 0.3) is 0 Å². The Hall–Kier alpha value is -2.18. The average molecular weight is 498 g/mol. The summed E-state index contributed by atoms with van der Waals surface area (Å²) in [5, 5.41) is 11.1. The van der Waals surface area contributed by atoms with E-state index in [9.17, 15) is 9.90 Å². The van der Waals surface area contributed by atoms with Gasteiger partial charge >= 0.3 is 6.09 Å². The number of carbonyl (C=O) groups excluding carboxylic acids is 1. The molecule has 0 radical (unpaired) electrons. The van der Waals surface area contributed by atoms with Gasteiger partial charge in [-0.1, -0.05) is 30.3 Å². The Bertz CT molecular complexity index is 1000. The van der Waals surface area contributed by atoms with Gasteiger partial charge in [0.15, 0.2) is 0 Å². The van der Waals surface area contributed by atoms with Crippen LogP contribution in [0.15, 0.2) is 42.5 Å². The quantitative estimate of drug-likeness (QED) is 0.518. The minimum atomic E-state index is -0.702. The van der Waals surface area contributed by atoms with Crippen LogP contribution in [0.2, 0.25) is 0 Å². The van der Waals surface area contributed by atoms with E-state index in [0.29, 0.717) is 12.5 Å². The summed E-state index contributed by atoms with van der Waals surface area (Å²) in [6.45, 7) is 9.74. The van der Waals surface area contributed by atoms with Crippen molar-refractivity contribution in [2.45, 2.75) is 77.1 Å². The van der Waals surface area contributed by atoms with Crippen LogP contribution < -0.4 is 4.74 Å². The minimum absolute atomic E-state index is 0.210. The molecule has 2 saturated heterocycles. The lowest BCUT2D eigenvalue weighted by Gasteiger charge is -2.33. The van der Waals surface area contributed by atoms with Crippen LogP contribution in [0.5, 0.6) is 5.75 Å². The molecule has 2 aliphatic rings. The zero-order chi connectivity index (χ0) is 25.1. The van der Waals surface area contributed by atoms with Gasteiger partial charge in [0.05, 0.1) is 5.60 Å². The highest BCUT2D eigenvalue weighted by atomic mass is 32.2. The van der Waals surface area contributed by atoms with Crippen LogP contribution in [-0.4, -0.2) is 46.3 Å². The van der Waals surface area contributed by atoms with Crippen molar-refractivity contribution in [2.75, 3.05) is 24.6 Å². The Morgan fingerprint density at radius 1 is 1.09 bits per heavy atom. The van der Waals surface area contributed by atoms with E-state index in [4.69, 9.17) is 9.47 Å². The Kier molecular flexibility index (Phi) is 8.02. The molecule has 1 N–H and O–H groups in total. The number of thioether (sulfide) groups is 1. The fourth-order valence-corrected chi connectivity index (χ4v) is 6.17. The zero-order valence-electron chi connectivity index (χ0n) is 21.5. The molecule has 0 aromatic heterocycles. The van der Waals surface area contributed by atoms with Crippen molar-refractivity contribution in [1.29, 1.82) is 0 Å². The summed E-state index contributed by atoms with van der Waals surface area (Å²) in [6.07, 6.45) is 3.31. The third kappa shape index (κ3) is 6.73. The predicted molar refractivity (Wildman–Crippen MR) is 142 cm³/mol. The van der Waals surface area contributed by atoms with Gasteiger partial charge in [0.1, 0.15) is 18.0 Å². The highest BCUT2D eigenvalue weighted by Gasteiger charge is 2.33. The van der Waals surface area contributed by atoms with E-state index >= 15 is 0 Å². The van der Waals surface area contributed by atoms with Crippen molar-refractivity contribution in [2.24, 2.45) is 0 Å². The Balaban J connectivity index is 1.28. The van der Waals surface area contributed by atoms with Gasteiger partial charge in [-0.15, -0.1) is 0 Å². The maximum absolute atomic E-state index is 12.3. The highest BCUT2D eigenvalue weighted by molar-refractivity contribution is 7.99. The summed E-state index contributed by atoms with van der Waals surface area (Å²) in [7, 11) is 0. The molecule has 0 unspecified atom stereocenters. The first-order valence-electron chi connectivity index (χ1n) is 12.7. The van der Waals surface area contributed by atoms with Gasteiger partial charge in [-0.05, 0) is 105 Å². The maximum Gasteiger partial charge on any atom is 0.410 e. The molecule has 2 aromatic carbocycles. The minimum Gasteiger partial charge on any atom is -0.489 e. The summed E-state index contributed by atoms with van der Waals surface area (Å²) < 4.78 is 11.6. The fourth-order valence-electron chi connectivity index (χ4n) is 5.00. The van der Waals surface area contributed by atoms with Gasteiger partial charge in [-0.3, -0.25) is 0 Å². The van der Waals surface area contributed by atoms with Gasteiger partial charge in [-0.2, -0.15) is 11.8 Å². The number of amides is 1. The molecule has 2 aromatic rings. The first-order valence-corrected chi connectivity index (χ1v) is 13.9. The maximum atomic E-state index is 12.3. The standard InChI is InChI=1S/C29H39NO4S/c1-21-19-25(9-10-26(21)29(32)13-17-35-18-14-29)33-20-22-5-7-23(8-6-22)24-11-15-30(16-12-24)27(31)34-28(2,3)4/h5-10,19,24,32H,11-18,20H2,1-4H3. The number of carbonyl (C=O) groups is 1. The van der Waals surface area contributed by atoms with E-state index in [1.807, 2.05) is 55.6 Å². The second kappa shape index (κ2) is 10.8. The summed E-state index contributed by atoms with van der Waals surface area (Å²) in [6, 6.07) is 14.7. The van der Waals surface area contributed by atoms with Crippen LogP contribution in [0, 0.1) is 6.92 Å². The number of aryl methyl sites for hydroxylation is 1. The van der Waals surface area contributed by atoms with Gasteiger partial charge in [0, 0.05) is 13.1 Å². The van der Waals surface area contributed by atoms with Crippen LogP contribution in [0.4, 0.5) is 4.79 Å². The number of nitrogens with zero attached hydrogens (tertiary/aromatic N) is 1. The lowest BCUT2D eigenvalue weighted by atomic mass is 9.85. The fraction of sp³-hybridized carbons (Fsp3) is 0.552. The zero-order valence-corrected chi connectivity index (χ0v) is 22.3. The van der Waals surface area contributed by atoms with Crippen molar-refractivity contribution in [3.05, 3.63) is 64.7 Å². The second-order valence-electron chi connectivity index (χ2n) is 10.9. The molecule has 0 atom stereocenters. The van der Waals surface area contributed by atoms with E-state index in [-0.39, 0.29) is 6.09 Å². The van der Waals surface area contributed by atoms with Crippen LogP contribution in [0.25, 0.3) is 0 Å². The molecule has 2 fully saturated rings. The smallest absolute Gasteiger partial charge is 0.410 e. The monoisotopic (exact) mass is 497 g/mol. The van der Waals surface area contributed by atoms with Crippen LogP contribution in [-0.2, 0) is 16.9 Å². The van der Waals surface area contributed by atoms with Crippen molar-refractivity contribution in [3.63, 3.8) is 0 Å². The second-order valence-corrected chi connectivity index (χ2v) is 12.1. The van der Waals surface area contributed by atoms with Gasteiger partial charge in [-0.25, -0.2) is 4.79 Å². The molecule has 0 saturated carbocycles. The molecule has 0 spiro atoms. The van der Waals surface area contributed by atoms with E-state index in [1.165, 1.54) is 5.56 Å². The molecule has 5 nitrogen and oxygen atoms in total. The summed E-state index contributed by atoms with van der Waals surface area (Å²) >= 11 is 1.91. The summed E-state index contributed by atoms with van der Waals surface area (Å²) in [4.78, 5) is 14.1. The first kappa shape index (κ1) is 25.9. The first-order chi connectivity index (χ1) is 16.6. The van der Waals surface area contributed by atoms with Crippen LogP contribution >= 0.6 is 11.8 Å².